The van der Waals surface area contributed by atoms with E-state index in [9.17, 15) is 18.0 Å². The summed E-state index contributed by atoms with van der Waals surface area (Å²) in [7, 11) is 1.73. The van der Waals surface area contributed by atoms with Gasteiger partial charge in [0.15, 0.2) is 6.04 Å². The molecule has 2 aliphatic heterocycles. The summed E-state index contributed by atoms with van der Waals surface area (Å²) in [6, 6.07) is -0.638. The van der Waals surface area contributed by atoms with Crippen LogP contribution in [0.1, 0.15) is 60.7 Å². The number of amides is 1. The number of alkyl halides is 3. The highest BCUT2D eigenvalue weighted by Gasteiger charge is 2.46. The Morgan fingerprint density at radius 2 is 2.11 bits per heavy atom. The molecular weight excluding hydrogens is 373 g/mol. The molecule has 0 saturated carbocycles. The molecule has 2 aliphatic rings. The minimum atomic E-state index is -4.37. The summed E-state index contributed by atoms with van der Waals surface area (Å²) in [6.45, 7) is 2.28. The molecule has 0 bridgehead atoms. The van der Waals surface area contributed by atoms with Crippen molar-refractivity contribution in [2.75, 3.05) is 11.9 Å². The number of halogens is 3. The summed E-state index contributed by atoms with van der Waals surface area (Å²) >= 11 is 0. The van der Waals surface area contributed by atoms with Crippen molar-refractivity contribution in [3.63, 3.8) is 0 Å². The molecule has 3 atom stereocenters. The molecule has 0 aliphatic carbocycles. The Morgan fingerprint density at radius 3 is 2.79 bits per heavy atom. The smallest absolute Gasteiger partial charge is 0.368 e. The highest BCUT2D eigenvalue weighted by atomic mass is 19.4. The van der Waals surface area contributed by atoms with E-state index in [1.165, 1.54) is 6.20 Å². The first kappa shape index (κ1) is 18.8. The van der Waals surface area contributed by atoms with Crippen LogP contribution in [0.2, 0.25) is 0 Å². The van der Waals surface area contributed by atoms with Crippen LogP contribution in [0.15, 0.2) is 18.5 Å². The third kappa shape index (κ3) is 3.35. The van der Waals surface area contributed by atoms with Gasteiger partial charge in [-0.2, -0.15) is 23.4 Å². The molecule has 7 nitrogen and oxygen atoms in total. The second-order valence-corrected chi connectivity index (χ2v) is 7.65. The summed E-state index contributed by atoms with van der Waals surface area (Å²) in [5.74, 6) is 0.188. The maximum Gasteiger partial charge on any atom is 0.410 e. The van der Waals surface area contributed by atoms with Gasteiger partial charge in [0.05, 0.1) is 23.5 Å². The van der Waals surface area contributed by atoms with E-state index in [2.05, 4.69) is 15.5 Å². The normalized spacial score (nSPS) is 25.3. The van der Waals surface area contributed by atoms with Crippen molar-refractivity contribution in [3.05, 3.63) is 29.7 Å². The van der Waals surface area contributed by atoms with Gasteiger partial charge < -0.3 is 10.2 Å². The van der Waals surface area contributed by atoms with E-state index in [1.807, 2.05) is 0 Å². The number of hydrogen-bond donors (Lipinski definition) is 1. The van der Waals surface area contributed by atoms with Crippen LogP contribution in [0.5, 0.6) is 0 Å². The van der Waals surface area contributed by atoms with E-state index in [0.29, 0.717) is 30.0 Å². The maximum absolute atomic E-state index is 13.5. The molecule has 1 N–H and O–H groups in total. The SMILES string of the molecule is C[C@@H]1C[C@H](C(F)(F)F)n2nc([C@H]3CCCCN3C(=O)c3cnn(C)c3)cc2N1. The Hall–Kier alpha value is -2.52. The van der Waals surface area contributed by atoms with Gasteiger partial charge in [0, 0.05) is 31.9 Å². The minimum Gasteiger partial charge on any atom is -0.368 e. The Bertz CT molecular complexity index is 873. The van der Waals surface area contributed by atoms with Gasteiger partial charge in [0.2, 0.25) is 0 Å². The predicted molar refractivity (Wildman–Crippen MR) is 95.9 cm³/mol. The second kappa shape index (κ2) is 6.82. The number of carbonyl (C=O) groups excluding carboxylic acids is 1. The topological polar surface area (TPSA) is 68.0 Å². The molecule has 2 aromatic rings. The van der Waals surface area contributed by atoms with Crippen molar-refractivity contribution in [2.24, 2.45) is 7.05 Å². The number of aromatic nitrogens is 4. The molecular formula is C18H23F3N6O. The lowest BCUT2D eigenvalue weighted by atomic mass is 9.98. The van der Waals surface area contributed by atoms with E-state index in [-0.39, 0.29) is 24.4 Å². The fourth-order valence-electron chi connectivity index (χ4n) is 4.12. The maximum atomic E-state index is 13.5. The van der Waals surface area contributed by atoms with Crippen molar-refractivity contribution >= 4 is 11.7 Å². The predicted octanol–water partition coefficient (Wildman–Crippen LogP) is 3.29. The quantitative estimate of drug-likeness (QED) is 0.846. The lowest BCUT2D eigenvalue weighted by molar-refractivity contribution is -0.173. The standard InChI is InChI=1S/C18H23F3N6O/c1-11-7-15(18(19,20)21)27-16(23-11)8-13(24-27)14-5-3-4-6-26(14)17(28)12-9-22-25(2)10-12/h8-11,14-15,23H,3-7H2,1-2H3/t11-,14-,15-/m1/s1. The molecule has 4 heterocycles. The molecule has 1 saturated heterocycles. The Kier molecular flexibility index (Phi) is 4.59. The summed E-state index contributed by atoms with van der Waals surface area (Å²) in [4.78, 5) is 14.7. The lowest BCUT2D eigenvalue weighted by Crippen LogP contribution is -2.39. The largest absolute Gasteiger partial charge is 0.410 e. The monoisotopic (exact) mass is 396 g/mol. The van der Waals surface area contributed by atoms with Crippen molar-refractivity contribution in [2.45, 2.75) is 56.9 Å². The molecule has 0 aromatic carbocycles. The number of hydrogen-bond acceptors (Lipinski definition) is 4. The van der Waals surface area contributed by atoms with E-state index in [0.717, 1.165) is 17.5 Å². The van der Waals surface area contributed by atoms with Crippen LogP contribution in [0.25, 0.3) is 0 Å². The van der Waals surface area contributed by atoms with E-state index in [4.69, 9.17) is 0 Å². The van der Waals surface area contributed by atoms with Crippen LogP contribution in [0, 0.1) is 0 Å². The van der Waals surface area contributed by atoms with Crippen molar-refractivity contribution in [1.82, 2.24) is 24.5 Å². The second-order valence-electron chi connectivity index (χ2n) is 7.65. The molecule has 1 fully saturated rings. The summed E-state index contributed by atoms with van der Waals surface area (Å²) in [5.41, 5.74) is 0.973. The lowest BCUT2D eigenvalue weighted by Gasteiger charge is -2.34. The van der Waals surface area contributed by atoms with Gasteiger partial charge in [-0.25, -0.2) is 4.68 Å². The van der Waals surface area contributed by atoms with Gasteiger partial charge in [-0.05, 0) is 32.6 Å². The molecule has 10 heteroatoms. The third-order valence-electron chi connectivity index (χ3n) is 5.46. The number of likely N-dealkylation sites (tertiary alicyclic amines) is 1. The van der Waals surface area contributed by atoms with Crippen molar-refractivity contribution in [1.29, 1.82) is 0 Å². The fraction of sp³-hybridized carbons (Fsp3) is 0.611. The number of rotatable bonds is 2. The third-order valence-corrected chi connectivity index (χ3v) is 5.46. The van der Waals surface area contributed by atoms with Crippen LogP contribution >= 0.6 is 0 Å². The van der Waals surface area contributed by atoms with Gasteiger partial charge in [0.1, 0.15) is 5.82 Å². The number of piperidine rings is 1. The van der Waals surface area contributed by atoms with Crippen LogP contribution in [-0.2, 0) is 7.05 Å². The number of nitrogens with one attached hydrogen (secondary N) is 1. The molecule has 28 heavy (non-hydrogen) atoms. The molecule has 0 unspecified atom stereocenters. The van der Waals surface area contributed by atoms with Crippen LogP contribution < -0.4 is 5.32 Å². The molecule has 0 radical (unpaired) electrons. The van der Waals surface area contributed by atoms with Gasteiger partial charge in [-0.1, -0.05) is 0 Å². The molecule has 1 amide bonds. The Balaban J connectivity index is 1.66. The Morgan fingerprint density at radius 1 is 1.32 bits per heavy atom. The van der Waals surface area contributed by atoms with Crippen LogP contribution in [0.3, 0.4) is 0 Å². The van der Waals surface area contributed by atoms with Gasteiger partial charge in [-0.3, -0.25) is 9.48 Å². The average Bonchev–Trinajstić information content (AvgIpc) is 3.25. The molecule has 2 aromatic heterocycles. The van der Waals surface area contributed by atoms with Crippen LogP contribution in [0.4, 0.5) is 19.0 Å². The number of aryl methyl sites for hydroxylation is 1. The number of nitrogens with zero attached hydrogens (tertiary/aromatic N) is 5. The number of fused-ring (bicyclic) bond motifs is 1. The summed E-state index contributed by atoms with van der Waals surface area (Å²) in [5, 5.41) is 11.4. The fourth-order valence-corrected chi connectivity index (χ4v) is 4.12. The van der Waals surface area contributed by atoms with Crippen LogP contribution in [-0.4, -0.2) is 49.1 Å². The first-order chi connectivity index (χ1) is 13.2. The summed E-state index contributed by atoms with van der Waals surface area (Å²) in [6.07, 6.45) is 1.15. The molecule has 152 valence electrons. The highest BCUT2D eigenvalue weighted by molar-refractivity contribution is 5.94. The highest BCUT2D eigenvalue weighted by Crippen LogP contribution is 2.41. The zero-order valence-corrected chi connectivity index (χ0v) is 15.8. The van der Waals surface area contributed by atoms with Gasteiger partial charge in [0.25, 0.3) is 5.91 Å². The first-order valence-electron chi connectivity index (χ1n) is 9.46. The Labute approximate surface area is 160 Å². The molecule has 0 spiro atoms. The van der Waals surface area contributed by atoms with Gasteiger partial charge in [-0.15, -0.1) is 0 Å². The summed E-state index contributed by atoms with van der Waals surface area (Å²) < 4.78 is 43.1. The average molecular weight is 396 g/mol. The van der Waals surface area contributed by atoms with E-state index < -0.39 is 12.2 Å². The van der Waals surface area contributed by atoms with E-state index in [1.54, 1.807) is 35.8 Å². The molecule has 4 rings (SSSR count). The zero-order valence-electron chi connectivity index (χ0n) is 15.8. The van der Waals surface area contributed by atoms with Crippen molar-refractivity contribution in [3.8, 4) is 0 Å². The minimum absolute atomic E-state index is 0.0688. The van der Waals surface area contributed by atoms with Crippen molar-refractivity contribution < 1.29 is 18.0 Å². The first-order valence-corrected chi connectivity index (χ1v) is 9.46. The van der Waals surface area contributed by atoms with E-state index >= 15 is 0 Å². The zero-order chi connectivity index (χ0) is 20.1. The van der Waals surface area contributed by atoms with Gasteiger partial charge >= 0.3 is 6.18 Å². The number of anilines is 1. The number of carbonyl (C=O) groups is 1.